The van der Waals surface area contributed by atoms with Gasteiger partial charge in [-0.05, 0) is 19.8 Å². The van der Waals surface area contributed by atoms with Crippen molar-refractivity contribution in [3.05, 3.63) is 18.1 Å². The van der Waals surface area contributed by atoms with E-state index in [2.05, 4.69) is 20.6 Å². The number of rotatable bonds is 8. The van der Waals surface area contributed by atoms with Crippen LogP contribution in [0.15, 0.2) is 12.4 Å². The molecule has 0 spiro atoms. The summed E-state index contributed by atoms with van der Waals surface area (Å²) < 4.78 is 5.39. The summed E-state index contributed by atoms with van der Waals surface area (Å²) in [5, 5.41) is 5.98. The van der Waals surface area contributed by atoms with E-state index in [4.69, 9.17) is 4.74 Å². The molecule has 1 unspecified atom stereocenters. The normalized spacial score (nSPS) is 12.2. The van der Waals surface area contributed by atoms with Gasteiger partial charge in [0.05, 0.1) is 25.0 Å². The molecule has 1 aromatic rings. The summed E-state index contributed by atoms with van der Waals surface area (Å²) in [5.41, 5.74) is 0.311. The molecular weight excluding hydrogens is 256 g/mol. The molecule has 6 nitrogen and oxygen atoms in total. The Balaban J connectivity index is 2.70. The standard InChI is InChI=1S/C14H24N4O2/c1-5-16-13-8-15-7-11(17-13)14(19)18-12(10(3)4)9-20-6-2/h7-8,10,12H,5-6,9H2,1-4H3,(H,16,17)(H,18,19). The van der Waals surface area contributed by atoms with E-state index in [-0.39, 0.29) is 17.9 Å². The van der Waals surface area contributed by atoms with E-state index in [1.807, 2.05) is 27.7 Å². The van der Waals surface area contributed by atoms with Gasteiger partial charge in [-0.1, -0.05) is 13.8 Å². The Labute approximate surface area is 120 Å². The predicted octanol–water partition coefficient (Wildman–Crippen LogP) is 1.70. The quantitative estimate of drug-likeness (QED) is 0.758. The lowest BCUT2D eigenvalue weighted by Crippen LogP contribution is -2.42. The highest BCUT2D eigenvalue weighted by molar-refractivity contribution is 5.92. The summed E-state index contributed by atoms with van der Waals surface area (Å²) in [7, 11) is 0. The van der Waals surface area contributed by atoms with Crippen LogP contribution in [0.3, 0.4) is 0 Å². The Morgan fingerprint density at radius 3 is 2.70 bits per heavy atom. The molecule has 0 aliphatic carbocycles. The highest BCUT2D eigenvalue weighted by Crippen LogP contribution is 2.06. The molecule has 0 aliphatic heterocycles. The van der Waals surface area contributed by atoms with Crippen molar-refractivity contribution in [2.24, 2.45) is 5.92 Å². The van der Waals surface area contributed by atoms with Gasteiger partial charge >= 0.3 is 0 Å². The fourth-order valence-corrected chi connectivity index (χ4v) is 1.63. The fourth-order valence-electron chi connectivity index (χ4n) is 1.63. The van der Waals surface area contributed by atoms with Gasteiger partial charge in [-0.3, -0.25) is 9.78 Å². The molecule has 0 saturated heterocycles. The van der Waals surface area contributed by atoms with Gasteiger partial charge in [0.15, 0.2) is 0 Å². The summed E-state index contributed by atoms with van der Waals surface area (Å²) in [6, 6.07) is -0.0351. The van der Waals surface area contributed by atoms with Crippen LogP contribution in [0.5, 0.6) is 0 Å². The molecule has 0 bridgehead atoms. The van der Waals surface area contributed by atoms with E-state index in [0.717, 1.165) is 6.54 Å². The topological polar surface area (TPSA) is 76.1 Å². The highest BCUT2D eigenvalue weighted by Gasteiger charge is 2.18. The summed E-state index contributed by atoms with van der Waals surface area (Å²) in [6.45, 7) is 9.86. The molecule has 1 heterocycles. The second-order valence-corrected chi connectivity index (χ2v) is 4.80. The van der Waals surface area contributed by atoms with Crippen LogP contribution >= 0.6 is 0 Å². The second-order valence-electron chi connectivity index (χ2n) is 4.80. The molecule has 6 heteroatoms. The Morgan fingerprint density at radius 1 is 1.35 bits per heavy atom. The largest absolute Gasteiger partial charge is 0.380 e. The van der Waals surface area contributed by atoms with E-state index in [1.54, 1.807) is 6.20 Å². The van der Waals surface area contributed by atoms with E-state index < -0.39 is 0 Å². The van der Waals surface area contributed by atoms with E-state index in [1.165, 1.54) is 6.20 Å². The minimum Gasteiger partial charge on any atom is -0.380 e. The number of hydrogen-bond acceptors (Lipinski definition) is 5. The lowest BCUT2D eigenvalue weighted by molar-refractivity contribution is 0.0802. The van der Waals surface area contributed by atoms with E-state index >= 15 is 0 Å². The summed E-state index contributed by atoms with van der Waals surface area (Å²) in [5.74, 6) is 0.664. The van der Waals surface area contributed by atoms with Crippen molar-refractivity contribution in [2.75, 3.05) is 25.1 Å². The summed E-state index contributed by atoms with van der Waals surface area (Å²) >= 11 is 0. The zero-order valence-corrected chi connectivity index (χ0v) is 12.6. The van der Waals surface area contributed by atoms with Crippen LogP contribution in [0.1, 0.15) is 38.2 Å². The molecule has 1 aromatic heterocycles. The van der Waals surface area contributed by atoms with E-state index in [0.29, 0.717) is 24.7 Å². The molecular formula is C14H24N4O2. The monoisotopic (exact) mass is 280 g/mol. The molecule has 0 aliphatic rings. The van der Waals surface area contributed by atoms with Gasteiger partial charge in [-0.15, -0.1) is 0 Å². The van der Waals surface area contributed by atoms with Crippen LogP contribution in [0.4, 0.5) is 5.82 Å². The maximum atomic E-state index is 12.2. The Morgan fingerprint density at radius 2 is 2.10 bits per heavy atom. The zero-order valence-electron chi connectivity index (χ0n) is 12.6. The number of carbonyl (C=O) groups excluding carboxylic acids is 1. The summed E-state index contributed by atoms with van der Waals surface area (Å²) in [4.78, 5) is 20.4. The molecule has 1 atom stereocenters. The van der Waals surface area contributed by atoms with Crippen LogP contribution in [0.25, 0.3) is 0 Å². The van der Waals surface area contributed by atoms with Crippen molar-refractivity contribution < 1.29 is 9.53 Å². The SMILES string of the molecule is CCNc1cncc(C(=O)NC(COCC)C(C)C)n1. The minimum absolute atomic E-state index is 0.0351. The smallest absolute Gasteiger partial charge is 0.271 e. The van der Waals surface area contributed by atoms with Gasteiger partial charge in [0.2, 0.25) is 0 Å². The van der Waals surface area contributed by atoms with Crippen molar-refractivity contribution in [3.63, 3.8) is 0 Å². The minimum atomic E-state index is -0.226. The van der Waals surface area contributed by atoms with Crippen molar-refractivity contribution in [3.8, 4) is 0 Å². The molecule has 0 saturated carbocycles. The third kappa shape index (κ3) is 5.13. The summed E-state index contributed by atoms with van der Waals surface area (Å²) in [6.07, 6.45) is 3.06. The number of nitrogens with one attached hydrogen (secondary N) is 2. The number of hydrogen-bond donors (Lipinski definition) is 2. The first kappa shape index (κ1) is 16.4. The van der Waals surface area contributed by atoms with Crippen LogP contribution in [0.2, 0.25) is 0 Å². The average Bonchev–Trinajstić information content (AvgIpc) is 2.43. The first-order chi connectivity index (χ1) is 9.58. The molecule has 20 heavy (non-hydrogen) atoms. The molecule has 0 radical (unpaired) electrons. The highest BCUT2D eigenvalue weighted by atomic mass is 16.5. The lowest BCUT2D eigenvalue weighted by atomic mass is 10.1. The van der Waals surface area contributed by atoms with Crippen LogP contribution < -0.4 is 10.6 Å². The van der Waals surface area contributed by atoms with Crippen molar-refractivity contribution in [1.29, 1.82) is 0 Å². The van der Waals surface area contributed by atoms with Gasteiger partial charge in [-0.2, -0.15) is 0 Å². The van der Waals surface area contributed by atoms with Gasteiger partial charge in [-0.25, -0.2) is 4.98 Å². The Bertz CT molecular complexity index is 423. The predicted molar refractivity (Wildman–Crippen MR) is 78.8 cm³/mol. The van der Waals surface area contributed by atoms with Gasteiger partial charge in [0, 0.05) is 13.2 Å². The number of carbonyl (C=O) groups is 1. The molecule has 0 aromatic carbocycles. The first-order valence-corrected chi connectivity index (χ1v) is 7.03. The number of aromatic nitrogens is 2. The van der Waals surface area contributed by atoms with Crippen molar-refractivity contribution in [1.82, 2.24) is 15.3 Å². The Kier molecular flexibility index (Phi) is 6.93. The lowest BCUT2D eigenvalue weighted by Gasteiger charge is -2.21. The zero-order chi connectivity index (χ0) is 15.0. The third-order valence-electron chi connectivity index (χ3n) is 2.85. The third-order valence-corrected chi connectivity index (χ3v) is 2.85. The van der Waals surface area contributed by atoms with Crippen molar-refractivity contribution in [2.45, 2.75) is 33.7 Å². The van der Waals surface area contributed by atoms with Crippen LogP contribution in [-0.2, 0) is 4.74 Å². The molecule has 2 N–H and O–H groups in total. The number of amides is 1. The van der Waals surface area contributed by atoms with Crippen LogP contribution in [0, 0.1) is 5.92 Å². The number of anilines is 1. The first-order valence-electron chi connectivity index (χ1n) is 7.03. The Hall–Kier alpha value is -1.69. The maximum Gasteiger partial charge on any atom is 0.271 e. The van der Waals surface area contributed by atoms with Crippen LogP contribution in [-0.4, -0.2) is 41.7 Å². The second kappa shape index (κ2) is 8.47. The van der Waals surface area contributed by atoms with Gasteiger partial charge in [0.25, 0.3) is 5.91 Å². The molecule has 1 rings (SSSR count). The van der Waals surface area contributed by atoms with Gasteiger partial charge < -0.3 is 15.4 Å². The molecule has 0 fully saturated rings. The number of ether oxygens (including phenoxy) is 1. The van der Waals surface area contributed by atoms with Gasteiger partial charge in [0.1, 0.15) is 11.5 Å². The fraction of sp³-hybridized carbons (Fsp3) is 0.643. The average molecular weight is 280 g/mol. The van der Waals surface area contributed by atoms with E-state index in [9.17, 15) is 4.79 Å². The molecule has 112 valence electrons. The maximum absolute atomic E-state index is 12.2. The number of nitrogens with zero attached hydrogens (tertiary/aromatic N) is 2. The van der Waals surface area contributed by atoms with Crippen molar-refractivity contribution >= 4 is 11.7 Å². The molecule has 1 amide bonds.